The lowest BCUT2D eigenvalue weighted by molar-refractivity contribution is 0.0123. The first-order valence-electron chi connectivity index (χ1n) is 9.09. The van der Waals surface area contributed by atoms with E-state index in [0.29, 0.717) is 0 Å². The molecule has 0 saturated carbocycles. The molecule has 0 bridgehead atoms. The smallest absolute Gasteiger partial charge is 0.0566 e. The standard InChI is InChI=1S/C19H27N3OS/c1-3-18(22(7-1)16-19-4-2-14-24-19)15-20-8-10-21(11-9-20)17-5-12-23-13-6-17/h1-4,7,14,17H,5-6,8-13,15-16H2. The van der Waals surface area contributed by atoms with Gasteiger partial charge in [0.25, 0.3) is 0 Å². The molecular weight excluding hydrogens is 318 g/mol. The minimum Gasteiger partial charge on any atom is -0.381 e. The second-order valence-electron chi connectivity index (χ2n) is 6.86. The fraction of sp³-hybridized carbons (Fsp3) is 0.579. The third kappa shape index (κ3) is 3.91. The van der Waals surface area contributed by atoms with E-state index in [1.807, 2.05) is 11.3 Å². The molecule has 2 aliphatic heterocycles. The molecule has 0 spiro atoms. The quantitative estimate of drug-likeness (QED) is 0.831. The molecular formula is C19H27N3OS. The van der Waals surface area contributed by atoms with Crippen LogP contribution in [0.25, 0.3) is 0 Å². The lowest BCUT2D eigenvalue weighted by Crippen LogP contribution is -2.51. The Balaban J connectivity index is 1.30. The average Bonchev–Trinajstić information content (AvgIpc) is 3.29. The van der Waals surface area contributed by atoms with Gasteiger partial charge in [0.2, 0.25) is 0 Å². The van der Waals surface area contributed by atoms with E-state index in [1.165, 1.54) is 49.6 Å². The van der Waals surface area contributed by atoms with Crippen LogP contribution in [-0.4, -0.2) is 59.8 Å². The molecule has 130 valence electrons. The zero-order valence-electron chi connectivity index (χ0n) is 14.3. The highest BCUT2D eigenvalue weighted by atomic mass is 32.1. The molecule has 24 heavy (non-hydrogen) atoms. The van der Waals surface area contributed by atoms with E-state index in [4.69, 9.17) is 4.74 Å². The fourth-order valence-corrected chi connectivity index (χ4v) is 4.59. The molecule has 0 unspecified atom stereocenters. The van der Waals surface area contributed by atoms with E-state index in [-0.39, 0.29) is 0 Å². The zero-order chi connectivity index (χ0) is 16.2. The maximum atomic E-state index is 5.50. The van der Waals surface area contributed by atoms with Crippen molar-refractivity contribution in [2.75, 3.05) is 39.4 Å². The highest BCUT2D eigenvalue weighted by Gasteiger charge is 2.25. The fourth-order valence-electron chi connectivity index (χ4n) is 3.88. The summed E-state index contributed by atoms with van der Waals surface area (Å²) in [5.74, 6) is 0. The van der Waals surface area contributed by atoms with Crippen LogP contribution in [0.5, 0.6) is 0 Å². The Hall–Kier alpha value is -1.14. The summed E-state index contributed by atoms with van der Waals surface area (Å²) in [4.78, 5) is 6.72. The summed E-state index contributed by atoms with van der Waals surface area (Å²) < 4.78 is 7.90. The van der Waals surface area contributed by atoms with Gasteiger partial charge in [0, 0.05) is 68.7 Å². The molecule has 0 aliphatic carbocycles. The average molecular weight is 346 g/mol. The molecule has 0 amide bonds. The summed E-state index contributed by atoms with van der Waals surface area (Å²) in [5, 5.41) is 2.16. The summed E-state index contributed by atoms with van der Waals surface area (Å²) in [6, 6.07) is 9.57. The first-order valence-corrected chi connectivity index (χ1v) is 9.97. The van der Waals surface area contributed by atoms with Crippen LogP contribution in [0.15, 0.2) is 35.8 Å². The van der Waals surface area contributed by atoms with E-state index >= 15 is 0 Å². The Morgan fingerprint density at radius 1 is 1.00 bits per heavy atom. The van der Waals surface area contributed by atoms with Crippen molar-refractivity contribution >= 4 is 11.3 Å². The lowest BCUT2D eigenvalue weighted by atomic mass is 10.1. The van der Waals surface area contributed by atoms with Crippen LogP contribution in [-0.2, 0) is 17.8 Å². The third-order valence-corrected chi connectivity index (χ3v) is 6.19. The van der Waals surface area contributed by atoms with Crippen LogP contribution in [0.1, 0.15) is 23.4 Å². The minimum absolute atomic E-state index is 0.753. The second-order valence-corrected chi connectivity index (χ2v) is 7.89. The van der Waals surface area contributed by atoms with Crippen LogP contribution in [0, 0.1) is 0 Å². The number of hydrogen-bond donors (Lipinski definition) is 0. The molecule has 4 nitrogen and oxygen atoms in total. The van der Waals surface area contributed by atoms with Gasteiger partial charge in [-0.15, -0.1) is 11.3 Å². The number of rotatable bonds is 5. The summed E-state index contributed by atoms with van der Waals surface area (Å²) in [7, 11) is 0. The van der Waals surface area contributed by atoms with Crippen molar-refractivity contribution < 1.29 is 4.74 Å². The normalized spacial score (nSPS) is 21.3. The Labute approximate surface area is 148 Å². The van der Waals surface area contributed by atoms with Gasteiger partial charge in [0.1, 0.15) is 0 Å². The van der Waals surface area contributed by atoms with Crippen LogP contribution in [0.2, 0.25) is 0 Å². The van der Waals surface area contributed by atoms with Crippen molar-refractivity contribution in [2.45, 2.75) is 32.0 Å². The monoisotopic (exact) mass is 345 g/mol. The number of aromatic nitrogens is 1. The molecule has 2 fully saturated rings. The first kappa shape index (κ1) is 16.3. The van der Waals surface area contributed by atoms with Gasteiger partial charge in [-0.25, -0.2) is 0 Å². The van der Waals surface area contributed by atoms with Gasteiger partial charge in [-0.2, -0.15) is 0 Å². The van der Waals surface area contributed by atoms with Crippen LogP contribution >= 0.6 is 11.3 Å². The molecule has 2 aliphatic rings. The van der Waals surface area contributed by atoms with Crippen molar-refractivity contribution in [3.8, 4) is 0 Å². The Bertz CT molecular complexity index is 610. The lowest BCUT2D eigenvalue weighted by Gasteiger charge is -2.40. The molecule has 4 heterocycles. The number of nitrogens with zero attached hydrogens (tertiary/aromatic N) is 3. The van der Waals surface area contributed by atoms with Crippen LogP contribution in [0.4, 0.5) is 0 Å². The predicted molar refractivity (Wildman–Crippen MR) is 98.5 cm³/mol. The van der Waals surface area contributed by atoms with Gasteiger partial charge in [0.15, 0.2) is 0 Å². The largest absolute Gasteiger partial charge is 0.381 e. The summed E-state index contributed by atoms with van der Waals surface area (Å²) >= 11 is 1.84. The second kappa shape index (κ2) is 7.83. The third-order valence-electron chi connectivity index (χ3n) is 5.33. The molecule has 2 aromatic heterocycles. The maximum absolute atomic E-state index is 5.50. The summed E-state index contributed by atoms with van der Waals surface area (Å²) in [6.45, 7) is 8.74. The van der Waals surface area contributed by atoms with Crippen LogP contribution < -0.4 is 0 Å². The first-order chi connectivity index (χ1) is 11.9. The number of ether oxygens (including phenoxy) is 1. The topological polar surface area (TPSA) is 20.6 Å². The van der Waals surface area contributed by atoms with E-state index in [0.717, 1.165) is 32.3 Å². The Kier molecular flexibility index (Phi) is 5.33. The molecule has 2 aromatic rings. The van der Waals surface area contributed by atoms with E-state index in [9.17, 15) is 0 Å². The maximum Gasteiger partial charge on any atom is 0.0566 e. The van der Waals surface area contributed by atoms with Crippen molar-refractivity contribution in [3.63, 3.8) is 0 Å². The molecule has 0 N–H and O–H groups in total. The molecule has 0 aromatic carbocycles. The van der Waals surface area contributed by atoms with Gasteiger partial charge in [-0.1, -0.05) is 6.07 Å². The highest BCUT2D eigenvalue weighted by molar-refractivity contribution is 7.09. The molecule has 2 saturated heterocycles. The SMILES string of the molecule is c1csc(Cn2cccc2CN2CCN(C3CCOCC3)CC2)c1. The zero-order valence-corrected chi connectivity index (χ0v) is 15.1. The number of hydrogen-bond acceptors (Lipinski definition) is 4. The van der Waals surface area contributed by atoms with Gasteiger partial charge < -0.3 is 9.30 Å². The van der Waals surface area contributed by atoms with Crippen LogP contribution in [0.3, 0.4) is 0 Å². The van der Waals surface area contributed by atoms with Gasteiger partial charge >= 0.3 is 0 Å². The summed E-state index contributed by atoms with van der Waals surface area (Å²) in [6.07, 6.45) is 4.64. The van der Waals surface area contributed by atoms with Gasteiger partial charge in [-0.05, 0) is 36.4 Å². The van der Waals surface area contributed by atoms with Gasteiger partial charge in [-0.3, -0.25) is 9.80 Å². The predicted octanol–water partition coefficient (Wildman–Crippen LogP) is 2.89. The number of thiophene rings is 1. The number of piperazine rings is 1. The van der Waals surface area contributed by atoms with Gasteiger partial charge in [0.05, 0.1) is 6.54 Å². The van der Waals surface area contributed by atoms with Crippen molar-refractivity contribution in [2.24, 2.45) is 0 Å². The molecule has 0 radical (unpaired) electrons. The summed E-state index contributed by atoms with van der Waals surface area (Å²) in [5.41, 5.74) is 1.43. The van der Waals surface area contributed by atoms with E-state index in [1.54, 1.807) is 0 Å². The van der Waals surface area contributed by atoms with Crippen molar-refractivity contribution in [1.82, 2.24) is 14.4 Å². The van der Waals surface area contributed by atoms with Crippen molar-refractivity contribution in [3.05, 3.63) is 46.4 Å². The molecule has 5 heteroatoms. The Morgan fingerprint density at radius 2 is 1.83 bits per heavy atom. The highest BCUT2D eigenvalue weighted by Crippen LogP contribution is 2.18. The Morgan fingerprint density at radius 3 is 2.58 bits per heavy atom. The van der Waals surface area contributed by atoms with E-state index < -0.39 is 0 Å². The van der Waals surface area contributed by atoms with Crippen molar-refractivity contribution in [1.29, 1.82) is 0 Å². The minimum atomic E-state index is 0.753. The molecule has 0 atom stereocenters. The van der Waals surface area contributed by atoms with E-state index in [2.05, 4.69) is 50.2 Å². The molecule has 4 rings (SSSR count).